The normalized spacial score (nSPS) is 11.5. The third kappa shape index (κ3) is 2.74. The van der Waals surface area contributed by atoms with E-state index in [2.05, 4.69) is 6.58 Å². The number of halogens is 3. The molecule has 0 spiro atoms. The Morgan fingerprint density at radius 1 is 1.47 bits per heavy atom. The van der Waals surface area contributed by atoms with Crippen molar-refractivity contribution < 1.29 is 12.9 Å². The highest BCUT2D eigenvalue weighted by molar-refractivity contribution is 6.66. The Kier molecular flexibility index (Phi) is 3.07. The fourth-order valence-corrected chi connectivity index (χ4v) is 1.13. The second kappa shape index (κ2) is 3.96. The van der Waals surface area contributed by atoms with Crippen molar-refractivity contribution in [1.82, 2.24) is 4.57 Å². The molecule has 1 rings (SSSR count). The first-order valence-electron chi connectivity index (χ1n) is 4.36. The number of rotatable bonds is 3. The molecule has 0 radical (unpaired) electrons. The lowest BCUT2D eigenvalue weighted by Gasteiger charge is -2.19. The minimum atomic E-state index is -5.08. The quantitative estimate of drug-likeness (QED) is 0.709. The second-order valence-electron chi connectivity index (χ2n) is 3.32. The van der Waals surface area contributed by atoms with Gasteiger partial charge in [-0.3, -0.25) is 4.79 Å². The average Bonchev–Trinajstić information content (AvgIpc) is 2.09. The zero-order chi connectivity index (χ0) is 11.6. The summed E-state index contributed by atoms with van der Waals surface area (Å²) in [6.45, 7) is -1.04. The molecule has 0 aliphatic carbocycles. The molecule has 15 heavy (non-hydrogen) atoms. The van der Waals surface area contributed by atoms with Gasteiger partial charge >= 0.3 is 6.98 Å². The van der Waals surface area contributed by atoms with Crippen molar-refractivity contribution in [2.45, 2.75) is 13.5 Å². The maximum Gasteiger partial charge on any atom is 0.506 e. The number of hydrogen-bond donors (Lipinski definition) is 0. The van der Waals surface area contributed by atoms with Gasteiger partial charge in [0.15, 0.2) is 0 Å². The lowest BCUT2D eigenvalue weighted by Crippen LogP contribution is -2.28. The van der Waals surface area contributed by atoms with Gasteiger partial charge in [0.2, 0.25) is 0 Å². The van der Waals surface area contributed by atoms with E-state index in [4.69, 9.17) is 0 Å². The van der Waals surface area contributed by atoms with Gasteiger partial charge in [0.1, 0.15) is 0 Å². The van der Waals surface area contributed by atoms with Crippen LogP contribution in [0.3, 0.4) is 0 Å². The number of nitrogens with zero attached hydrogens (tertiary/aromatic N) is 1. The van der Waals surface area contributed by atoms with Crippen molar-refractivity contribution >= 4 is 6.98 Å². The zero-order valence-electron chi connectivity index (χ0n) is 8.21. The molecule has 6 heteroatoms. The van der Waals surface area contributed by atoms with E-state index in [-0.39, 0.29) is 0 Å². The Morgan fingerprint density at radius 3 is 2.53 bits per heavy atom. The van der Waals surface area contributed by atoms with Gasteiger partial charge in [-0.25, -0.2) is 0 Å². The molecule has 0 unspecified atom stereocenters. The second-order valence-corrected chi connectivity index (χ2v) is 3.32. The molecular weight excluding hydrogens is 206 g/mol. The largest absolute Gasteiger partial charge is 0.506 e. The van der Waals surface area contributed by atoms with Gasteiger partial charge in [-0.05, 0) is 13.0 Å². The summed E-state index contributed by atoms with van der Waals surface area (Å²) in [6, 6.07) is 4.32. The van der Waals surface area contributed by atoms with Crippen LogP contribution in [0.15, 0.2) is 35.0 Å². The first kappa shape index (κ1) is 11.6. The topological polar surface area (TPSA) is 22.0 Å². The highest BCUT2D eigenvalue weighted by Gasteiger charge is 2.26. The number of hydrogen-bond acceptors (Lipinski definition) is 1. The van der Waals surface area contributed by atoms with Crippen LogP contribution in [-0.4, -0.2) is 11.5 Å². The average molecular weight is 216 g/mol. The minimum absolute atomic E-state index is 0.448. The van der Waals surface area contributed by atoms with E-state index in [9.17, 15) is 17.7 Å². The number of allylic oxidation sites excluding steroid dienone is 1. The Hall–Kier alpha value is -1.46. The van der Waals surface area contributed by atoms with Gasteiger partial charge in [-0.1, -0.05) is 6.07 Å². The van der Waals surface area contributed by atoms with E-state index < -0.39 is 24.6 Å². The Morgan fingerprint density at radius 2 is 2.07 bits per heavy atom. The summed E-state index contributed by atoms with van der Waals surface area (Å²) < 4.78 is 37.8. The molecule has 82 valence electrons. The molecule has 0 atom stereocenters. The molecule has 0 aliphatic rings. The third-order valence-corrected chi connectivity index (χ3v) is 2.09. The number of aryl methyl sites for hydroxylation is 1. The zero-order valence-corrected chi connectivity index (χ0v) is 8.21. The van der Waals surface area contributed by atoms with Crippen LogP contribution in [0.25, 0.3) is 0 Å². The van der Waals surface area contributed by atoms with E-state index in [1.54, 1.807) is 13.0 Å². The number of aromatic nitrogens is 1. The molecule has 1 aromatic rings. The molecule has 1 heterocycles. The Balaban J connectivity index is 3.01. The highest BCUT2D eigenvalue weighted by atomic mass is 19.4. The first-order valence-corrected chi connectivity index (χ1v) is 4.36. The molecule has 0 saturated carbocycles. The van der Waals surface area contributed by atoms with Crippen LogP contribution in [0.1, 0.15) is 5.69 Å². The summed E-state index contributed by atoms with van der Waals surface area (Å²) in [6.07, 6.45) is 0. The SMILES string of the molecule is C=C(Cn1c(C)cccc1=O)[B-](F)(F)F. The van der Waals surface area contributed by atoms with Crippen molar-refractivity contribution in [3.05, 3.63) is 46.3 Å². The molecule has 0 fully saturated rings. The molecule has 1 aromatic heterocycles. The van der Waals surface area contributed by atoms with E-state index >= 15 is 0 Å². The van der Waals surface area contributed by atoms with Crippen LogP contribution in [0.4, 0.5) is 12.9 Å². The fraction of sp³-hybridized carbons (Fsp3) is 0.222. The molecule has 0 N–H and O–H groups in total. The van der Waals surface area contributed by atoms with Crippen molar-refractivity contribution in [2.24, 2.45) is 0 Å². The summed E-state index contributed by atoms with van der Waals surface area (Å²) >= 11 is 0. The van der Waals surface area contributed by atoms with Crippen LogP contribution < -0.4 is 5.56 Å². The van der Waals surface area contributed by atoms with Crippen LogP contribution >= 0.6 is 0 Å². The molecule has 0 saturated heterocycles. The lowest BCUT2D eigenvalue weighted by molar-refractivity contribution is 0.481. The van der Waals surface area contributed by atoms with Gasteiger partial charge in [-0.2, -0.15) is 0 Å². The highest BCUT2D eigenvalue weighted by Crippen LogP contribution is 2.19. The molecule has 0 aromatic carbocycles. The predicted octanol–water partition coefficient (Wildman–Crippen LogP) is 2.10. The first-order chi connectivity index (χ1) is 6.82. The summed E-state index contributed by atoms with van der Waals surface area (Å²) in [5, 5.41) is 0. The molecular formula is C9H10BF3NO-. The summed E-state index contributed by atoms with van der Waals surface area (Å²) in [5.74, 6) is 0. The van der Waals surface area contributed by atoms with Gasteiger partial charge < -0.3 is 17.5 Å². The van der Waals surface area contributed by atoms with Crippen LogP contribution in [-0.2, 0) is 6.54 Å². The minimum Gasteiger partial charge on any atom is -0.445 e. The van der Waals surface area contributed by atoms with Crippen LogP contribution in [0.5, 0.6) is 0 Å². The van der Waals surface area contributed by atoms with Crippen LogP contribution in [0.2, 0.25) is 0 Å². The number of pyridine rings is 1. The smallest absolute Gasteiger partial charge is 0.445 e. The van der Waals surface area contributed by atoms with Crippen molar-refractivity contribution in [1.29, 1.82) is 0 Å². The Bertz CT molecular complexity index is 436. The van der Waals surface area contributed by atoms with Gasteiger partial charge in [0.05, 0.1) is 0 Å². The fourth-order valence-electron chi connectivity index (χ4n) is 1.13. The summed E-state index contributed by atoms with van der Waals surface area (Å²) in [5.41, 5.74) is -0.827. The van der Waals surface area contributed by atoms with E-state index in [0.717, 1.165) is 4.57 Å². The van der Waals surface area contributed by atoms with E-state index in [0.29, 0.717) is 5.69 Å². The van der Waals surface area contributed by atoms with Crippen molar-refractivity contribution in [3.8, 4) is 0 Å². The van der Waals surface area contributed by atoms with E-state index in [1.807, 2.05) is 0 Å². The predicted molar refractivity (Wildman–Crippen MR) is 53.7 cm³/mol. The molecule has 0 bridgehead atoms. The van der Waals surface area contributed by atoms with Crippen molar-refractivity contribution in [2.75, 3.05) is 0 Å². The maximum atomic E-state index is 12.2. The van der Waals surface area contributed by atoms with Crippen molar-refractivity contribution in [3.63, 3.8) is 0 Å². The van der Waals surface area contributed by atoms with Gasteiger partial charge in [0.25, 0.3) is 5.56 Å². The third-order valence-electron chi connectivity index (χ3n) is 2.09. The van der Waals surface area contributed by atoms with E-state index in [1.165, 1.54) is 12.1 Å². The maximum absolute atomic E-state index is 12.2. The van der Waals surface area contributed by atoms with Gasteiger partial charge in [-0.15, -0.1) is 12.1 Å². The lowest BCUT2D eigenvalue weighted by atomic mass is 9.80. The summed E-state index contributed by atoms with van der Waals surface area (Å²) in [4.78, 5) is 11.3. The van der Waals surface area contributed by atoms with Crippen LogP contribution in [0, 0.1) is 6.92 Å². The standard InChI is InChI=1S/C9H10BF3NO/c1-7(10(11,12)13)6-14-8(2)4-3-5-9(14)15/h3-5H,1,6H2,2H3/q-1. The molecule has 0 amide bonds. The Labute approximate surface area is 85.1 Å². The molecule has 2 nitrogen and oxygen atoms in total. The monoisotopic (exact) mass is 216 g/mol. The van der Waals surface area contributed by atoms with Gasteiger partial charge in [0, 0.05) is 18.3 Å². The summed E-state index contributed by atoms with van der Waals surface area (Å²) in [7, 11) is 0. The molecule has 0 aliphatic heterocycles.